The Balaban J connectivity index is 0.000000546. The van der Waals surface area contributed by atoms with Crippen molar-refractivity contribution in [1.82, 2.24) is 29.1 Å². The molecule has 0 amide bonds. The first-order valence-electron chi connectivity index (χ1n) is 16.3. The zero-order valence-corrected chi connectivity index (χ0v) is 31.0. The molecule has 1 aromatic carbocycles. The normalized spacial score (nSPS) is 11.6. The van der Waals surface area contributed by atoms with E-state index < -0.39 is 0 Å². The van der Waals surface area contributed by atoms with Crippen LogP contribution in [0.25, 0.3) is 4.85 Å². The van der Waals surface area contributed by atoms with Gasteiger partial charge in [0.15, 0.2) is 0 Å². The molecule has 0 spiro atoms. The van der Waals surface area contributed by atoms with Crippen LogP contribution in [0.15, 0.2) is 36.4 Å². The Morgan fingerprint density at radius 3 is 1.04 bits per heavy atom. The van der Waals surface area contributed by atoms with Crippen molar-refractivity contribution in [1.29, 1.82) is 0 Å². The van der Waals surface area contributed by atoms with Crippen LogP contribution < -0.4 is 0 Å². The molecule has 0 N–H and O–H groups in total. The minimum absolute atomic E-state index is 0. The number of nitrogens with zero attached hydrogens (tertiary/aromatic N) is 7. The summed E-state index contributed by atoms with van der Waals surface area (Å²) in [5.41, 5.74) is 10.1. The fourth-order valence-corrected chi connectivity index (χ4v) is 5.30. The van der Waals surface area contributed by atoms with E-state index in [-0.39, 0.29) is 24.2 Å². The van der Waals surface area contributed by atoms with E-state index in [1.165, 1.54) is 17.1 Å². The Hall–Kier alpha value is -3.08. The van der Waals surface area contributed by atoms with Crippen LogP contribution in [-0.4, -0.2) is 36.2 Å². The Kier molecular flexibility index (Phi) is 13.5. The summed E-state index contributed by atoms with van der Waals surface area (Å²) >= 11 is 0. The Bertz CT molecular complexity index is 1420. The van der Waals surface area contributed by atoms with Gasteiger partial charge in [0, 0.05) is 11.1 Å². The monoisotopic (exact) mass is 659 g/mol. The Labute approximate surface area is 283 Å². The van der Waals surface area contributed by atoms with Gasteiger partial charge in [0.05, 0.1) is 17.1 Å². The van der Waals surface area contributed by atoms with E-state index >= 15 is 0 Å². The summed E-state index contributed by atoms with van der Waals surface area (Å²) in [6.07, 6.45) is 0. The SMILES string of the molecule is C#[N+]c1c(C)cccc1C.CC(C)c1cc(C(C)C)n([B-](n2nc(C(C)C)cc2C(C)C)n2nc(C(C)C)cc2C(C)C)n1.[Cu+]. The third-order valence-electron chi connectivity index (χ3n) is 8.12. The maximum absolute atomic E-state index is 5.19. The molecule has 0 aliphatic heterocycles. The average molecular weight is 660 g/mol. The fraction of sp³-hybridized carbons (Fsp3) is 0.556. The first-order chi connectivity index (χ1) is 20.6. The van der Waals surface area contributed by atoms with Gasteiger partial charge in [0.2, 0.25) is 0 Å². The van der Waals surface area contributed by atoms with Gasteiger partial charge in [-0.05, 0) is 89.5 Å². The summed E-state index contributed by atoms with van der Waals surface area (Å²) in [4.78, 5) is 3.67. The topological polar surface area (TPSA) is 57.8 Å². The summed E-state index contributed by atoms with van der Waals surface area (Å²) in [6.45, 7) is 35.9. The zero-order chi connectivity index (χ0) is 33.0. The molecule has 1 radical (unpaired) electrons. The first-order valence-corrected chi connectivity index (χ1v) is 16.3. The van der Waals surface area contributed by atoms with Gasteiger partial charge in [-0.1, -0.05) is 101 Å². The van der Waals surface area contributed by atoms with E-state index in [9.17, 15) is 0 Å². The van der Waals surface area contributed by atoms with E-state index in [1.807, 2.05) is 32.0 Å². The third-order valence-corrected chi connectivity index (χ3v) is 8.12. The summed E-state index contributed by atoms with van der Waals surface area (Å²) in [5.74, 6) is 2.02. The second-order valence-corrected chi connectivity index (χ2v) is 14.0. The minimum Gasteiger partial charge on any atom is -0.422 e. The molecule has 7 nitrogen and oxygen atoms in total. The minimum atomic E-state index is -0.292. The van der Waals surface area contributed by atoms with Crippen molar-refractivity contribution < 1.29 is 17.1 Å². The summed E-state index contributed by atoms with van der Waals surface area (Å²) in [5, 5.41) is 15.6. The van der Waals surface area contributed by atoms with Crippen molar-refractivity contribution in [2.75, 3.05) is 0 Å². The van der Waals surface area contributed by atoms with Crippen LogP contribution in [0.5, 0.6) is 0 Å². The van der Waals surface area contributed by atoms with Crippen LogP contribution in [0, 0.1) is 20.4 Å². The number of benzene rings is 1. The van der Waals surface area contributed by atoms with E-state index in [1.54, 1.807) is 0 Å². The van der Waals surface area contributed by atoms with Crippen LogP contribution >= 0.6 is 0 Å². The Morgan fingerprint density at radius 1 is 0.556 bits per heavy atom. The predicted octanol–water partition coefficient (Wildman–Crippen LogP) is 9.84. The number of hydrogen-bond donors (Lipinski definition) is 0. The molecule has 9 heteroatoms. The van der Waals surface area contributed by atoms with Gasteiger partial charge in [-0.3, -0.25) is 0 Å². The van der Waals surface area contributed by atoms with Crippen LogP contribution in [0.3, 0.4) is 0 Å². The van der Waals surface area contributed by atoms with Crippen molar-refractivity contribution in [3.63, 3.8) is 0 Å². The maximum atomic E-state index is 5.19. The molecule has 0 unspecified atom stereocenters. The molecule has 0 saturated heterocycles. The molecule has 0 bridgehead atoms. The van der Waals surface area contributed by atoms with Crippen LogP contribution in [0.1, 0.15) is 164 Å². The number of rotatable bonds is 9. The Morgan fingerprint density at radius 2 is 0.844 bits per heavy atom. The molecule has 3 aromatic heterocycles. The van der Waals surface area contributed by atoms with Crippen LogP contribution in [0.2, 0.25) is 0 Å². The summed E-state index contributed by atoms with van der Waals surface area (Å²) in [7, 11) is -0.292. The van der Waals surface area contributed by atoms with Crippen molar-refractivity contribution in [2.24, 2.45) is 0 Å². The molecule has 247 valence electrons. The molecule has 3 heterocycles. The number of hydrogen-bond acceptors (Lipinski definition) is 3. The van der Waals surface area contributed by atoms with E-state index in [0.717, 1.165) is 33.9 Å². The van der Waals surface area contributed by atoms with Crippen LogP contribution in [-0.2, 0) is 17.1 Å². The quantitative estimate of drug-likeness (QED) is 0.168. The molecule has 0 fully saturated rings. The second kappa shape index (κ2) is 16.0. The van der Waals surface area contributed by atoms with Crippen molar-refractivity contribution in [2.45, 2.75) is 132 Å². The van der Waals surface area contributed by atoms with Gasteiger partial charge in [0.25, 0.3) is 13.7 Å². The number of para-hydroxylation sites is 1. The zero-order valence-electron chi connectivity index (χ0n) is 30.0. The predicted molar refractivity (Wildman–Crippen MR) is 187 cm³/mol. The number of aromatic nitrogens is 6. The standard InChI is InChI=1S/C27H45BN6.C9H10N.Cu/c1-16(2)22-13-25(19(7)8)32(29-22)28(33-26(20(9)10)14-23(30-33)17(3)4)34-27(21(11)12)15-24(31-34)18(5)6;1-7-5-4-6-8(2)9(7)10-3;/h13-21H,1-12H3;3-6H,1-2H3;/q-1;2*+1. The third kappa shape index (κ3) is 8.60. The van der Waals surface area contributed by atoms with E-state index in [4.69, 9.17) is 21.9 Å². The van der Waals surface area contributed by atoms with Gasteiger partial charge >= 0.3 is 22.8 Å². The number of aryl methyl sites for hydroxylation is 2. The summed E-state index contributed by atoms with van der Waals surface area (Å²) < 4.78 is 6.56. The molecule has 0 saturated carbocycles. The van der Waals surface area contributed by atoms with Crippen LogP contribution in [0.4, 0.5) is 5.69 Å². The van der Waals surface area contributed by atoms with Crippen molar-refractivity contribution >= 4 is 12.8 Å². The molecule has 45 heavy (non-hydrogen) atoms. The van der Waals surface area contributed by atoms with Gasteiger partial charge < -0.3 is 13.8 Å². The molecule has 4 rings (SSSR count). The molecule has 0 aliphatic rings. The van der Waals surface area contributed by atoms with Crippen molar-refractivity contribution in [3.8, 4) is 6.57 Å². The maximum Gasteiger partial charge on any atom is 1.00 e. The fourth-order valence-electron chi connectivity index (χ4n) is 5.30. The first kappa shape index (κ1) is 38.1. The molecular formula is C36H55BCuN7+. The van der Waals surface area contributed by atoms with Gasteiger partial charge in [-0.2, -0.15) is 0 Å². The smallest absolute Gasteiger partial charge is 0.422 e. The molecule has 4 aromatic rings. The molecule has 0 atom stereocenters. The van der Waals surface area contributed by atoms with Gasteiger partial charge in [0.1, 0.15) is 0 Å². The van der Waals surface area contributed by atoms with E-state index in [2.05, 4.69) is 120 Å². The van der Waals surface area contributed by atoms with Crippen molar-refractivity contribution in [3.05, 3.63) is 86.5 Å². The largest absolute Gasteiger partial charge is 1.00 e. The molecular weight excluding hydrogens is 605 g/mol. The molecule has 0 aliphatic carbocycles. The summed E-state index contributed by atoms with van der Waals surface area (Å²) in [6, 6.07) is 12.8. The average Bonchev–Trinajstić information content (AvgIpc) is 3.67. The van der Waals surface area contributed by atoms with Gasteiger partial charge in [-0.15, -0.1) is 0 Å². The van der Waals surface area contributed by atoms with E-state index in [0.29, 0.717) is 35.5 Å². The van der Waals surface area contributed by atoms with Gasteiger partial charge in [-0.25, -0.2) is 15.3 Å². The second-order valence-electron chi connectivity index (χ2n) is 14.0.